The van der Waals surface area contributed by atoms with E-state index in [2.05, 4.69) is 10.3 Å². The summed E-state index contributed by atoms with van der Waals surface area (Å²) in [5.41, 5.74) is 1.00. The van der Waals surface area contributed by atoms with Crippen LogP contribution in [0.5, 0.6) is 0 Å². The van der Waals surface area contributed by atoms with Gasteiger partial charge >= 0.3 is 0 Å². The van der Waals surface area contributed by atoms with Gasteiger partial charge in [0.15, 0.2) is 15.0 Å². The average Bonchev–Trinajstić information content (AvgIpc) is 2.46. The molecular formula is C9H16N2O2S2. The SMILES string of the molecule is CCS(=O)(=O)CCNc1nc(C)c(C)s1. The van der Waals surface area contributed by atoms with Crippen molar-refractivity contribution in [1.29, 1.82) is 0 Å². The molecule has 86 valence electrons. The smallest absolute Gasteiger partial charge is 0.183 e. The number of sulfone groups is 1. The summed E-state index contributed by atoms with van der Waals surface area (Å²) in [6.45, 7) is 6.04. The van der Waals surface area contributed by atoms with E-state index < -0.39 is 9.84 Å². The van der Waals surface area contributed by atoms with Crippen molar-refractivity contribution in [1.82, 2.24) is 4.98 Å². The number of thiazole rings is 1. The van der Waals surface area contributed by atoms with E-state index in [0.29, 0.717) is 6.54 Å². The molecule has 0 unspecified atom stereocenters. The zero-order valence-corrected chi connectivity index (χ0v) is 10.8. The Hall–Kier alpha value is -0.620. The third-order valence-electron chi connectivity index (χ3n) is 2.16. The van der Waals surface area contributed by atoms with Gasteiger partial charge in [-0.1, -0.05) is 6.92 Å². The minimum absolute atomic E-state index is 0.168. The van der Waals surface area contributed by atoms with Gasteiger partial charge in [-0.05, 0) is 13.8 Å². The van der Waals surface area contributed by atoms with Gasteiger partial charge in [0.25, 0.3) is 0 Å². The quantitative estimate of drug-likeness (QED) is 0.860. The lowest BCUT2D eigenvalue weighted by molar-refractivity contribution is 0.597. The zero-order valence-electron chi connectivity index (χ0n) is 9.20. The van der Waals surface area contributed by atoms with E-state index in [1.165, 1.54) is 0 Å². The van der Waals surface area contributed by atoms with Crippen molar-refractivity contribution >= 4 is 26.3 Å². The van der Waals surface area contributed by atoms with Crippen molar-refractivity contribution in [2.45, 2.75) is 20.8 Å². The maximum atomic E-state index is 11.2. The molecule has 0 saturated heterocycles. The Morgan fingerprint density at radius 3 is 2.53 bits per heavy atom. The van der Waals surface area contributed by atoms with Gasteiger partial charge < -0.3 is 5.32 Å². The fourth-order valence-corrected chi connectivity index (χ4v) is 2.55. The van der Waals surface area contributed by atoms with Gasteiger partial charge in [0.05, 0.1) is 11.4 Å². The van der Waals surface area contributed by atoms with Crippen LogP contribution in [-0.4, -0.2) is 31.5 Å². The molecule has 0 atom stereocenters. The second-order valence-electron chi connectivity index (χ2n) is 3.32. The highest BCUT2D eigenvalue weighted by atomic mass is 32.2. The highest BCUT2D eigenvalue weighted by Gasteiger charge is 2.08. The number of aryl methyl sites for hydroxylation is 2. The van der Waals surface area contributed by atoms with Gasteiger partial charge in [0, 0.05) is 17.2 Å². The second kappa shape index (κ2) is 4.94. The highest BCUT2D eigenvalue weighted by Crippen LogP contribution is 2.20. The maximum absolute atomic E-state index is 11.2. The molecule has 0 radical (unpaired) electrons. The molecule has 4 nitrogen and oxygen atoms in total. The summed E-state index contributed by atoms with van der Waals surface area (Å²) < 4.78 is 22.4. The van der Waals surface area contributed by atoms with Gasteiger partial charge in [0.2, 0.25) is 0 Å². The lowest BCUT2D eigenvalue weighted by atomic mass is 10.4. The van der Waals surface area contributed by atoms with E-state index >= 15 is 0 Å². The molecule has 0 aromatic carbocycles. The first kappa shape index (κ1) is 12.4. The first-order valence-corrected chi connectivity index (χ1v) is 7.46. The van der Waals surface area contributed by atoms with Gasteiger partial charge in [-0.25, -0.2) is 13.4 Å². The summed E-state index contributed by atoms with van der Waals surface area (Å²) in [5, 5.41) is 3.83. The number of rotatable bonds is 5. The maximum Gasteiger partial charge on any atom is 0.183 e. The standard InChI is InChI=1S/C9H16N2O2S2/c1-4-15(12,13)6-5-10-9-11-7(2)8(3)14-9/h4-6H2,1-3H3,(H,10,11). The van der Waals surface area contributed by atoms with Crippen molar-refractivity contribution in [3.8, 4) is 0 Å². The topological polar surface area (TPSA) is 59.1 Å². The first-order valence-electron chi connectivity index (χ1n) is 4.83. The summed E-state index contributed by atoms with van der Waals surface area (Å²) in [7, 11) is -2.88. The summed E-state index contributed by atoms with van der Waals surface area (Å²) in [6.07, 6.45) is 0. The van der Waals surface area contributed by atoms with Crippen LogP contribution >= 0.6 is 11.3 Å². The summed E-state index contributed by atoms with van der Waals surface area (Å²) in [6, 6.07) is 0. The van der Waals surface area contributed by atoms with Crippen LogP contribution in [0, 0.1) is 13.8 Å². The van der Waals surface area contributed by atoms with Crippen molar-refractivity contribution in [3.63, 3.8) is 0 Å². The minimum Gasteiger partial charge on any atom is -0.360 e. The third kappa shape index (κ3) is 3.79. The van der Waals surface area contributed by atoms with E-state index in [-0.39, 0.29) is 11.5 Å². The van der Waals surface area contributed by atoms with Gasteiger partial charge in [-0.15, -0.1) is 11.3 Å². The van der Waals surface area contributed by atoms with Crippen LogP contribution in [0.3, 0.4) is 0 Å². The normalized spacial score (nSPS) is 11.7. The lowest BCUT2D eigenvalue weighted by Gasteiger charge is -2.02. The van der Waals surface area contributed by atoms with Crippen LogP contribution in [0.1, 0.15) is 17.5 Å². The van der Waals surface area contributed by atoms with Crippen molar-refractivity contribution < 1.29 is 8.42 Å². The fourth-order valence-electron chi connectivity index (χ4n) is 1.01. The molecule has 0 aliphatic heterocycles. The van der Waals surface area contributed by atoms with Crippen LogP contribution in [0.2, 0.25) is 0 Å². The second-order valence-corrected chi connectivity index (χ2v) is 7.00. The van der Waals surface area contributed by atoms with Crippen LogP contribution < -0.4 is 5.32 Å². The molecule has 0 aliphatic rings. The van der Waals surface area contributed by atoms with Crippen molar-refractivity contribution in [3.05, 3.63) is 10.6 Å². The molecule has 0 aliphatic carbocycles. The molecule has 0 bridgehead atoms. The molecule has 1 aromatic rings. The molecule has 0 amide bonds. The lowest BCUT2D eigenvalue weighted by Crippen LogP contribution is -2.17. The third-order valence-corrected chi connectivity index (χ3v) is 4.89. The Labute approximate surface area is 94.7 Å². The van der Waals surface area contributed by atoms with Crippen molar-refractivity contribution in [2.24, 2.45) is 0 Å². The number of aromatic nitrogens is 1. The largest absolute Gasteiger partial charge is 0.360 e. The van der Waals surface area contributed by atoms with E-state index in [4.69, 9.17) is 0 Å². The minimum atomic E-state index is -2.88. The number of nitrogens with zero attached hydrogens (tertiary/aromatic N) is 1. The van der Waals surface area contributed by atoms with Crippen LogP contribution in [0.15, 0.2) is 0 Å². The molecule has 0 saturated carbocycles. The Kier molecular flexibility index (Phi) is 4.10. The molecule has 6 heteroatoms. The van der Waals surface area contributed by atoms with Crippen LogP contribution in [0.25, 0.3) is 0 Å². The molecular weight excluding hydrogens is 232 g/mol. The molecule has 0 fully saturated rings. The Bertz CT molecular complexity index is 404. The highest BCUT2D eigenvalue weighted by molar-refractivity contribution is 7.91. The molecule has 0 spiro atoms. The molecule has 1 heterocycles. The predicted molar refractivity (Wildman–Crippen MR) is 64.4 cm³/mol. The molecule has 15 heavy (non-hydrogen) atoms. The van der Waals surface area contributed by atoms with Crippen molar-refractivity contribution in [2.75, 3.05) is 23.4 Å². The number of hydrogen-bond donors (Lipinski definition) is 1. The molecule has 1 aromatic heterocycles. The predicted octanol–water partition coefficient (Wildman–Crippen LogP) is 1.61. The van der Waals surface area contributed by atoms with Gasteiger partial charge in [0.1, 0.15) is 0 Å². The number of anilines is 1. The Balaban J connectivity index is 2.45. The average molecular weight is 248 g/mol. The fraction of sp³-hybridized carbons (Fsp3) is 0.667. The zero-order chi connectivity index (χ0) is 11.5. The Morgan fingerprint density at radius 2 is 2.07 bits per heavy atom. The van der Waals surface area contributed by atoms with E-state index in [1.54, 1.807) is 18.3 Å². The van der Waals surface area contributed by atoms with Crippen LogP contribution in [-0.2, 0) is 9.84 Å². The van der Waals surface area contributed by atoms with E-state index in [1.807, 2.05) is 13.8 Å². The number of nitrogens with one attached hydrogen (secondary N) is 1. The Morgan fingerprint density at radius 1 is 1.40 bits per heavy atom. The monoisotopic (exact) mass is 248 g/mol. The van der Waals surface area contributed by atoms with E-state index in [0.717, 1.165) is 15.7 Å². The summed E-state index contributed by atoms with van der Waals surface area (Å²) in [4.78, 5) is 5.43. The number of hydrogen-bond acceptors (Lipinski definition) is 5. The van der Waals surface area contributed by atoms with Gasteiger partial charge in [-0.3, -0.25) is 0 Å². The molecule has 1 rings (SSSR count). The first-order chi connectivity index (χ1) is 6.94. The summed E-state index contributed by atoms with van der Waals surface area (Å²) >= 11 is 1.56. The van der Waals surface area contributed by atoms with E-state index in [9.17, 15) is 8.42 Å². The van der Waals surface area contributed by atoms with Crippen LogP contribution in [0.4, 0.5) is 5.13 Å². The van der Waals surface area contributed by atoms with Gasteiger partial charge in [-0.2, -0.15) is 0 Å². The molecule has 1 N–H and O–H groups in total. The summed E-state index contributed by atoms with van der Waals surface area (Å²) in [5.74, 6) is 0.367.